The first-order valence-corrected chi connectivity index (χ1v) is 17.5. The highest BCUT2D eigenvalue weighted by Crippen LogP contribution is 2.75. The number of hydrogen-bond acceptors (Lipinski definition) is 11. The molecule has 47 heavy (non-hydrogen) atoms. The van der Waals surface area contributed by atoms with E-state index in [1.165, 1.54) is 0 Å². The topological polar surface area (TPSA) is 194 Å². The first-order valence-electron chi connectivity index (χ1n) is 17.5. The molecule has 0 amide bonds. The van der Waals surface area contributed by atoms with Crippen LogP contribution in [0.4, 0.5) is 0 Å². The monoisotopic (exact) mass is 664 g/mol. The van der Waals surface area contributed by atoms with E-state index in [1.54, 1.807) is 6.08 Å². The van der Waals surface area contributed by atoms with Crippen molar-refractivity contribution < 1.29 is 54.8 Å². The number of esters is 1. The molecule has 0 unspecified atom stereocenters. The molecule has 0 bridgehead atoms. The standard InChI is InChI=1S/C36H56O11/c1-31(2)9-11-36(30(45)47-29-26(43)25(42)24(41)22(16-37)46-29)12-10-34(5)18(19(36)14-31)13-20(39)27-32(3)15-21(40)28(44)33(4,17-38)23(32)7-8-35(27,34)6/h13,19,21-29,37-38,40-44H,7-12,14-17H2,1-6H3/t19-,21+,22+,23+,24+,25-,26+,27+,28-,29-,32-,33-,34+,35+,36-/m0/s1. The van der Waals surface area contributed by atoms with Crippen molar-refractivity contribution in [3.8, 4) is 0 Å². The van der Waals surface area contributed by atoms with Gasteiger partial charge >= 0.3 is 5.97 Å². The summed E-state index contributed by atoms with van der Waals surface area (Å²) < 4.78 is 11.4. The third kappa shape index (κ3) is 4.74. The molecule has 11 nitrogen and oxygen atoms in total. The first kappa shape index (κ1) is 35.4. The number of fused-ring (bicyclic) bond motifs is 7. The fourth-order valence-electron chi connectivity index (χ4n) is 12.0. The van der Waals surface area contributed by atoms with Crippen LogP contribution >= 0.6 is 0 Å². The van der Waals surface area contributed by atoms with Gasteiger partial charge in [-0.1, -0.05) is 47.1 Å². The lowest BCUT2D eigenvalue weighted by atomic mass is 9.33. The highest BCUT2D eigenvalue weighted by molar-refractivity contribution is 5.96. The summed E-state index contributed by atoms with van der Waals surface area (Å²) in [6.45, 7) is 11.7. The third-order valence-corrected chi connectivity index (χ3v) is 14.9. The van der Waals surface area contributed by atoms with Crippen molar-refractivity contribution in [3.05, 3.63) is 11.6 Å². The zero-order valence-corrected chi connectivity index (χ0v) is 28.7. The summed E-state index contributed by atoms with van der Waals surface area (Å²) >= 11 is 0. The SMILES string of the molecule is CC1(C)CC[C@]2(C(=O)O[C@@H]3O[C@H](CO)[C@@H](O)[C@H](O)[C@H]3O)CC[C@]3(C)C(=CC(=O)[C@@H]4[C@@]5(C)C[C@@H](O)[C@H](O)[C@@](C)(CO)[C@@H]5CC[C@]43C)[C@@H]2C1. The van der Waals surface area contributed by atoms with Crippen LogP contribution in [-0.4, -0.2) is 104 Å². The van der Waals surface area contributed by atoms with Crippen LogP contribution in [0.1, 0.15) is 92.9 Å². The zero-order valence-electron chi connectivity index (χ0n) is 28.7. The maximum absolute atomic E-state index is 14.7. The second kappa shape index (κ2) is 11.3. The van der Waals surface area contributed by atoms with Crippen molar-refractivity contribution in [1.82, 2.24) is 0 Å². The molecule has 7 N–H and O–H groups in total. The third-order valence-electron chi connectivity index (χ3n) is 14.9. The Morgan fingerprint density at radius 2 is 1.55 bits per heavy atom. The van der Waals surface area contributed by atoms with Crippen LogP contribution in [-0.2, 0) is 19.1 Å². The van der Waals surface area contributed by atoms with E-state index in [2.05, 4.69) is 34.6 Å². The van der Waals surface area contributed by atoms with Crippen LogP contribution in [0.25, 0.3) is 0 Å². The molecule has 1 saturated heterocycles. The summed E-state index contributed by atoms with van der Waals surface area (Å²) in [4.78, 5) is 29.0. The highest BCUT2D eigenvalue weighted by Gasteiger charge is 2.72. The molecule has 1 aliphatic heterocycles. The van der Waals surface area contributed by atoms with Crippen molar-refractivity contribution in [2.75, 3.05) is 13.2 Å². The normalized spacial score (nSPS) is 53.9. The summed E-state index contributed by atoms with van der Waals surface area (Å²) in [5.41, 5.74) is -2.82. The van der Waals surface area contributed by atoms with Gasteiger partial charge in [0.1, 0.15) is 24.4 Å². The molecule has 0 spiro atoms. The number of aliphatic hydroxyl groups is 7. The Labute approximate surface area is 277 Å². The van der Waals surface area contributed by atoms with E-state index < -0.39 is 88.5 Å². The maximum atomic E-state index is 14.7. The molecule has 266 valence electrons. The molecule has 5 fully saturated rings. The summed E-state index contributed by atoms with van der Waals surface area (Å²) in [5, 5.41) is 73.7. The van der Waals surface area contributed by atoms with Gasteiger partial charge in [-0.15, -0.1) is 0 Å². The summed E-state index contributed by atoms with van der Waals surface area (Å²) in [5.74, 6) is -1.60. The van der Waals surface area contributed by atoms with Gasteiger partial charge in [-0.05, 0) is 90.9 Å². The van der Waals surface area contributed by atoms with Crippen molar-refractivity contribution in [2.45, 2.75) is 136 Å². The number of carbonyl (C=O) groups is 2. The number of rotatable bonds is 4. The number of allylic oxidation sites excluding steroid dienone is 2. The van der Waals surface area contributed by atoms with E-state index >= 15 is 0 Å². The van der Waals surface area contributed by atoms with Gasteiger partial charge in [0.15, 0.2) is 5.78 Å². The van der Waals surface area contributed by atoms with Gasteiger partial charge in [-0.3, -0.25) is 9.59 Å². The largest absolute Gasteiger partial charge is 0.432 e. The van der Waals surface area contributed by atoms with Crippen LogP contribution in [0.3, 0.4) is 0 Å². The zero-order chi connectivity index (χ0) is 34.7. The van der Waals surface area contributed by atoms with Crippen molar-refractivity contribution in [3.63, 3.8) is 0 Å². The Morgan fingerprint density at radius 1 is 0.894 bits per heavy atom. The fourth-order valence-corrected chi connectivity index (χ4v) is 12.0. The molecule has 0 aromatic rings. The number of ketones is 1. The second-order valence-electron chi connectivity index (χ2n) is 17.8. The minimum Gasteiger partial charge on any atom is -0.432 e. The van der Waals surface area contributed by atoms with E-state index in [0.29, 0.717) is 38.5 Å². The predicted molar refractivity (Wildman–Crippen MR) is 168 cm³/mol. The van der Waals surface area contributed by atoms with Gasteiger partial charge in [0.05, 0.1) is 30.8 Å². The smallest absolute Gasteiger partial charge is 0.315 e. The number of hydrogen-bond donors (Lipinski definition) is 7. The van der Waals surface area contributed by atoms with Crippen LogP contribution in [0.5, 0.6) is 0 Å². The van der Waals surface area contributed by atoms with Crippen molar-refractivity contribution >= 4 is 11.8 Å². The molecule has 15 atom stereocenters. The van der Waals surface area contributed by atoms with E-state index in [4.69, 9.17) is 9.47 Å². The molecule has 0 aromatic heterocycles. The van der Waals surface area contributed by atoms with Crippen molar-refractivity contribution in [1.29, 1.82) is 0 Å². The van der Waals surface area contributed by atoms with E-state index in [0.717, 1.165) is 12.0 Å². The molecular weight excluding hydrogens is 608 g/mol. The average Bonchev–Trinajstić information content (AvgIpc) is 3.00. The molecule has 6 aliphatic rings. The quantitative estimate of drug-likeness (QED) is 0.216. The number of carbonyl (C=O) groups excluding carboxylic acids is 2. The van der Waals surface area contributed by atoms with Crippen LogP contribution in [0.15, 0.2) is 11.6 Å². The van der Waals surface area contributed by atoms with Crippen molar-refractivity contribution in [2.24, 2.45) is 50.2 Å². The number of ether oxygens (including phenoxy) is 2. The van der Waals surface area contributed by atoms with Gasteiger partial charge in [-0.25, -0.2) is 0 Å². The molecule has 11 heteroatoms. The number of aliphatic hydroxyl groups excluding tert-OH is 7. The first-order chi connectivity index (χ1) is 21.8. The maximum Gasteiger partial charge on any atom is 0.315 e. The van der Waals surface area contributed by atoms with Gasteiger partial charge < -0.3 is 45.2 Å². The molecule has 0 aromatic carbocycles. The predicted octanol–water partition coefficient (Wildman–Crippen LogP) is 1.61. The summed E-state index contributed by atoms with van der Waals surface area (Å²) in [7, 11) is 0. The lowest BCUT2D eigenvalue weighted by molar-refractivity contribution is -0.297. The Bertz CT molecular complexity index is 1310. The van der Waals surface area contributed by atoms with Gasteiger partial charge in [0.25, 0.3) is 0 Å². The van der Waals surface area contributed by atoms with Crippen LogP contribution < -0.4 is 0 Å². The summed E-state index contributed by atoms with van der Waals surface area (Å²) in [6, 6.07) is 0. The molecule has 0 radical (unpaired) electrons. The molecular formula is C36H56O11. The van der Waals surface area contributed by atoms with Gasteiger partial charge in [-0.2, -0.15) is 0 Å². The van der Waals surface area contributed by atoms with Crippen LogP contribution in [0, 0.1) is 50.2 Å². The Hall–Kier alpha value is -1.44. The van der Waals surface area contributed by atoms with E-state index in [1.807, 2.05) is 6.92 Å². The fraction of sp³-hybridized carbons (Fsp3) is 0.889. The lowest BCUT2D eigenvalue weighted by Crippen LogP contribution is -2.69. The molecule has 1 heterocycles. The Balaban J connectivity index is 1.40. The van der Waals surface area contributed by atoms with E-state index in [9.17, 15) is 45.3 Å². The second-order valence-corrected chi connectivity index (χ2v) is 17.8. The summed E-state index contributed by atoms with van der Waals surface area (Å²) in [6.07, 6.45) is -3.56. The van der Waals surface area contributed by atoms with E-state index in [-0.39, 0.29) is 36.1 Å². The van der Waals surface area contributed by atoms with Gasteiger partial charge in [0, 0.05) is 11.3 Å². The average molecular weight is 665 g/mol. The lowest BCUT2D eigenvalue weighted by Gasteiger charge is -2.70. The Morgan fingerprint density at radius 3 is 2.19 bits per heavy atom. The molecule has 6 rings (SSSR count). The molecule has 4 saturated carbocycles. The minimum absolute atomic E-state index is 0.0439. The van der Waals surface area contributed by atoms with Crippen LogP contribution in [0.2, 0.25) is 0 Å². The highest BCUT2D eigenvalue weighted by atomic mass is 16.7. The Kier molecular flexibility index (Phi) is 8.50. The molecule has 5 aliphatic carbocycles. The minimum atomic E-state index is -1.71. The van der Waals surface area contributed by atoms with Gasteiger partial charge in [0.2, 0.25) is 6.29 Å².